The fraction of sp³-hybridized carbons (Fsp3) is 0.300. The second-order valence-corrected chi connectivity index (χ2v) is 6.21. The molecule has 0 fully saturated rings. The van der Waals surface area contributed by atoms with E-state index in [1.165, 1.54) is 17.4 Å². The Morgan fingerprint density at radius 1 is 1.35 bits per heavy atom. The summed E-state index contributed by atoms with van der Waals surface area (Å²) in [5, 5.41) is 1.30. The number of alkyl halides is 3. The molecule has 112 valence electrons. The van der Waals surface area contributed by atoms with E-state index in [0.29, 0.717) is 0 Å². The van der Waals surface area contributed by atoms with Crippen LogP contribution in [-0.2, 0) is 14.6 Å². The summed E-state index contributed by atoms with van der Waals surface area (Å²) in [6.07, 6.45) is -4.62. The summed E-state index contributed by atoms with van der Waals surface area (Å²) < 4.78 is 59.4. The predicted octanol–water partition coefficient (Wildman–Crippen LogP) is 1.37. The van der Waals surface area contributed by atoms with Gasteiger partial charge in [-0.1, -0.05) is 11.6 Å². The number of carbonyl (C=O) groups excluding carboxylic acids is 1. The van der Waals surface area contributed by atoms with Crippen LogP contribution in [0.5, 0.6) is 0 Å². The summed E-state index contributed by atoms with van der Waals surface area (Å²) in [5.41, 5.74) is 5.50. The standard InChI is InChI=1S/C10H10ClF3N2O3S/c11-7-2-1-6(15)3-8(7)20(18,19)4-9(17)16-5-10(12,13)14/h1-3H,4-5,15H2,(H,16,17). The molecule has 1 rings (SSSR count). The number of benzene rings is 1. The van der Waals surface area contributed by atoms with Gasteiger partial charge < -0.3 is 11.1 Å². The molecule has 0 aliphatic carbocycles. The Balaban J connectivity index is 2.85. The normalized spacial score (nSPS) is 12.2. The van der Waals surface area contributed by atoms with Gasteiger partial charge in [-0.3, -0.25) is 4.79 Å². The first kappa shape index (κ1) is 16.6. The van der Waals surface area contributed by atoms with Gasteiger partial charge in [0.25, 0.3) is 0 Å². The zero-order valence-corrected chi connectivity index (χ0v) is 11.4. The van der Waals surface area contributed by atoms with E-state index in [0.717, 1.165) is 6.07 Å². The van der Waals surface area contributed by atoms with Gasteiger partial charge in [0, 0.05) is 5.69 Å². The molecule has 0 heterocycles. The molecule has 5 nitrogen and oxygen atoms in total. The summed E-state index contributed by atoms with van der Waals surface area (Å²) in [6, 6.07) is 3.61. The van der Waals surface area contributed by atoms with Crippen molar-refractivity contribution < 1.29 is 26.4 Å². The number of carbonyl (C=O) groups is 1. The zero-order valence-electron chi connectivity index (χ0n) is 9.87. The lowest BCUT2D eigenvalue weighted by molar-refractivity contribution is -0.137. The average molecular weight is 331 g/mol. The Morgan fingerprint density at radius 2 is 1.95 bits per heavy atom. The summed E-state index contributed by atoms with van der Waals surface area (Å²) in [7, 11) is -4.17. The minimum Gasteiger partial charge on any atom is -0.399 e. The van der Waals surface area contributed by atoms with Crippen LogP contribution in [0, 0.1) is 0 Å². The third-order valence-corrected chi connectivity index (χ3v) is 4.19. The monoisotopic (exact) mass is 330 g/mol. The van der Waals surface area contributed by atoms with Crippen LogP contribution in [0.3, 0.4) is 0 Å². The zero-order chi connectivity index (χ0) is 15.6. The van der Waals surface area contributed by atoms with Crippen LogP contribution in [-0.4, -0.2) is 32.8 Å². The number of nitrogens with one attached hydrogen (secondary N) is 1. The van der Waals surface area contributed by atoms with E-state index in [1.54, 1.807) is 0 Å². The second kappa shape index (κ2) is 5.88. The van der Waals surface area contributed by atoms with Gasteiger partial charge in [-0.15, -0.1) is 0 Å². The van der Waals surface area contributed by atoms with E-state index in [4.69, 9.17) is 17.3 Å². The number of hydrogen-bond acceptors (Lipinski definition) is 4. The van der Waals surface area contributed by atoms with Gasteiger partial charge in [0.1, 0.15) is 12.3 Å². The largest absolute Gasteiger partial charge is 0.405 e. The number of nitrogens with two attached hydrogens (primary N) is 1. The molecule has 20 heavy (non-hydrogen) atoms. The molecule has 0 saturated heterocycles. The average Bonchev–Trinajstić information content (AvgIpc) is 2.28. The molecule has 0 aromatic heterocycles. The van der Waals surface area contributed by atoms with Crippen molar-refractivity contribution in [2.75, 3.05) is 18.0 Å². The predicted molar refractivity (Wildman–Crippen MR) is 67.0 cm³/mol. The summed E-state index contributed by atoms with van der Waals surface area (Å²) in [6.45, 7) is -1.61. The Kier molecular flexibility index (Phi) is 4.87. The molecule has 0 aliphatic heterocycles. The van der Waals surface area contributed by atoms with Crippen molar-refractivity contribution in [2.24, 2.45) is 0 Å². The molecule has 0 radical (unpaired) electrons. The Bertz CT molecular complexity index is 617. The van der Waals surface area contributed by atoms with Crippen molar-refractivity contribution in [3.8, 4) is 0 Å². The van der Waals surface area contributed by atoms with E-state index in [9.17, 15) is 26.4 Å². The van der Waals surface area contributed by atoms with Gasteiger partial charge in [-0.05, 0) is 18.2 Å². The minimum absolute atomic E-state index is 0.101. The minimum atomic E-state index is -4.62. The van der Waals surface area contributed by atoms with Crippen molar-refractivity contribution in [3.63, 3.8) is 0 Å². The van der Waals surface area contributed by atoms with Crippen molar-refractivity contribution in [3.05, 3.63) is 23.2 Å². The van der Waals surface area contributed by atoms with Crippen molar-refractivity contribution in [2.45, 2.75) is 11.1 Å². The van der Waals surface area contributed by atoms with E-state index < -0.39 is 39.1 Å². The molecule has 3 N–H and O–H groups in total. The first-order valence-corrected chi connectivity index (χ1v) is 7.15. The van der Waals surface area contributed by atoms with E-state index in [2.05, 4.69) is 0 Å². The summed E-state index contributed by atoms with van der Waals surface area (Å²) in [5.74, 6) is -2.42. The van der Waals surface area contributed by atoms with Crippen molar-refractivity contribution >= 4 is 33.0 Å². The van der Waals surface area contributed by atoms with Crippen molar-refractivity contribution in [1.82, 2.24) is 5.32 Å². The summed E-state index contributed by atoms with van der Waals surface area (Å²) >= 11 is 5.67. The number of anilines is 1. The van der Waals surface area contributed by atoms with E-state index in [-0.39, 0.29) is 10.7 Å². The number of rotatable bonds is 4. The molecule has 1 amide bonds. The Morgan fingerprint density at radius 3 is 2.50 bits per heavy atom. The maximum absolute atomic E-state index is 11.9. The van der Waals surface area contributed by atoms with Crippen molar-refractivity contribution in [1.29, 1.82) is 0 Å². The van der Waals surface area contributed by atoms with Gasteiger partial charge in [0.15, 0.2) is 9.84 Å². The van der Waals surface area contributed by atoms with Gasteiger partial charge in [-0.25, -0.2) is 8.42 Å². The molecule has 10 heteroatoms. The van der Waals surface area contributed by atoms with Gasteiger partial charge in [0.2, 0.25) is 5.91 Å². The molecule has 0 saturated carbocycles. The second-order valence-electron chi connectivity index (χ2n) is 3.84. The maximum atomic E-state index is 11.9. The van der Waals surface area contributed by atoms with Crippen LogP contribution in [0.1, 0.15) is 0 Å². The lowest BCUT2D eigenvalue weighted by Crippen LogP contribution is -2.37. The topological polar surface area (TPSA) is 89.3 Å². The highest BCUT2D eigenvalue weighted by Crippen LogP contribution is 2.24. The van der Waals surface area contributed by atoms with Gasteiger partial charge >= 0.3 is 6.18 Å². The van der Waals surface area contributed by atoms with Crippen LogP contribution < -0.4 is 11.1 Å². The lowest BCUT2D eigenvalue weighted by Gasteiger charge is -2.10. The number of hydrogen-bond donors (Lipinski definition) is 2. The van der Waals surface area contributed by atoms with Gasteiger partial charge in [-0.2, -0.15) is 13.2 Å². The third kappa shape index (κ3) is 4.89. The molecule has 1 aromatic carbocycles. The maximum Gasteiger partial charge on any atom is 0.405 e. The first-order valence-electron chi connectivity index (χ1n) is 5.12. The number of halogens is 4. The quantitative estimate of drug-likeness (QED) is 0.816. The first-order chi connectivity index (χ1) is 9.01. The van der Waals surface area contributed by atoms with E-state index in [1.807, 2.05) is 0 Å². The highest BCUT2D eigenvalue weighted by molar-refractivity contribution is 7.92. The number of nitrogen functional groups attached to an aromatic ring is 1. The molecule has 0 bridgehead atoms. The van der Waals surface area contributed by atoms with Crippen LogP contribution in [0.15, 0.2) is 23.1 Å². The number of amides is 1. The summed E-state index contributed by atoms with van der Waals surface area (Å²) in [4.78, 5) is 10.8. The van der Waals surface area contributed by atoms with E-state index >= 15 is 0 Å². The molecule has 0 aliphatic rings. The fourth-order valence-corrected chi connectivity index (χ4v) is 3.01. The smallest absolute Gasteiger partial charge is 0.399 e. The lowest BCUT2D eigenvalue weighted by atomic mass is 10.3. The molecular formula is C10H10ClF3N2O3S. The van der Waals surface area contributed by atoms with Crippen LogP contribution >= 0.6 is 11.6 Å². The Hall–Kier alpha value is -1.48. The third-order valence-electron chi connectivity index (χ3n) is 2.10. The highest BCUT2D eigenvalue weighted by atomic mass is 35.5. The van der Waals surface area contributed by atoms with Gasteiger partial charge in [0.05, 0.1) is 9.92 Å². The molecule has 0 unspecified atom stereocenters. The molecule has 0 spiro atoms. The Labute approximate surface area is 117 Å². The van der Waals surface area contributed by atoms with Crippen LogP contribution in [0.25, 0.3) is 0 Å². The molecular weight excluding hydrogens is 321 g/mol. The van der Waals surface area contributed by atoms with Crippen LogP contribution in [0.4, 0.5) is 18.9 Å². The SMILES string of the molecule is Nc1ccc(Cl)c(S(=O)(=O)CC(=O)NCC(F)(F)F)c1. The molecule has 0 atom stereocenters. The van der Waals surface area contributed by atoms with Crippen LogP contribution in [0.2, 0.25) is 5.02 Å². The number of sulfone groups is 1. The fourth-order valence-electron chi connectivity index (χ4n) is 1.26. The molecule has 1 aromatic rings. The highest BCUT2D eigenvalue weighted by Gasteiger charge is 2.29.